The predicted octanol–water partition coefficient (Wildman–Crippen LogP) is 4.62. The molecule has 0 amide bonds. The maximum atomic E-state index is 12.3. The fourth-order valence-electron chi connectivity index (χ4n) is 2.80. The van der Waals surface area contributed by atoms with Crippen molar-refractivity contribution >= 4 is 34.6 Å². The summed E-state index contributed by atoms with van der Waals surface area (Å²) in [6, 6.07) is 9.57. The Balaban J connectivity index is 1.12. The number of nitrogens with zero attached hydrogens (tertiary/aromatic N) is 4. The molecule has 5 aromatic rings. The van der Waals surface area contributed by atoms with Gasteiger partial charge in [0.05, 0.1) is 22.3 Å². The normalized spacial score (nSPS) is 10.8. The van der Waals surface area contributed by atoms with E-state index < -0.39 is 11.9 Å². The van der Waals surface area contributed by atoms with E-state index in [0.717, 1.165) is 11.1 Å². The third kappa shape index (κ3) is 4.92. The zero-order chi connectivity index (χ0) is 23.3. The van der Waals surface area contributed by atoms with E-state index in [2.05, 4.69) is 20.3 Å². The van der Waals surface area contributed by atoms with Crippen molar-refractivity contribution in [2.75, 3.05) is 0 Å². The van der Waals surface area contributed by atoms with Crippen molar-refractivity contribution < 1.29 is 28.1 Å². The maximum Gasteiger partial charge on any atom is 0.338 e. The number of ether oxygens (including phenoxy) is 2. The quantitative estimate of drug-likeness (QED) is 0.281. The average molecular weight is 495 g/mol. The number of thiophene rings is 2. The highest BCUT2D eigenvalue weighted by Crippen LogP contribution is 2.21. The van der Waals surface area contributed by atoms with E-state index in [-0.39, 0.29) is 36.0 Å². The molecule has 0 saturated heterocycles. The molecule has 0 radical (unpaired) electrons. The van der Waals surface area contributed by atoms with Gasteiger partial charge in [-0.3, -0.25) is 0 Å². The van der Waals surface area contributed by atoms with Gasteiger partial charge in [0.2, 0.25) is 11.6 Å². The second-order valence-electron chi connectivity index (χ2n) is 6.79. The summed E-state index contributed by atoms with van der Waals surface area (Å²) in [4.78, 5) is 33.0. The van der Waals surface area contributed by atoms with Gasteiger partial charge in [0, 0.05) is 10.8 Å². The van der Waals surface area contributed by atoms with Gasteiger partial charge in [-0.15, -0.1) is 0 Å². The molecule has 0 atom stereocenters. The van der Waals surface area contributed by atoms with Gasteiger partial charge in [-0.25, -0.2) is 9.59 Å². The molecule has 12 heteroatoms. The number of hydrogen-bond acceptors (Lipinski definition) is 12. The monoisotopic (exact) mass is 494 g/mol. The van der Waals surface area contributed by atoms with Crippen molar-refractivity contribution in [3.8, 4) is 22.9 Å². The SMILES string of the molecule is O=C(OCc1noc(-c2ccsc2)n1)c1ccc(C(=O)OCc2noc(-c3ccsc3)n2)cc1. The van der Waals surface area contributed by atoms with Crippen LogP contribution in [0.3, 0.4) is 0 Å². The van der Waals surface area contributed by atoms with E-state index in [4.69, 9.17) is 18.5 Å². The van der Waals surface area contributed by atoms with Crippen LogP contribution in [0.25, 0.3) is 22.9 Å². The summed E-state index contributed by atoms with van der Waals surface area (Å²) in [5, 5.41) is 15.1. The summed E-state index contributed by atoms with van der Waals surface area (Å²) < 4.78 is 20.7. The lowest BCUT2D eigenvalue weighted by Crippen LogP contribution is -2.08. The number of hydrogen-bond donors (Lipinski definition) is 0. The second kappa shape index (κ2) is 9.77. The van der Waals surface area contributed by atoms with Crippen molar-refractivity contribution in [1.82, 2.24) is 20.3 Å². The van der Waals surface area contributed by atoms with Crippen LogP contribution in [0.1, 0.15) is 32.4 Å². The molecule has 0 bridgehead atoms. The highest BCUT2D eigenvalue weighted by molar-refractivity contribution is 7.08. The Kier molecular flexibility index (Phi) is 6.23. The third-order valence-corrected chi connectivity index (χ3v) is 5.86. The topological polar surface area (TPSA) is 130 Å². The van der Waals surface area contributed by atoms with Crippen LogP contribution in [0.5, 0.6) is 0 Å². The maximum absolute atomic E-state index is 12.3. The molecule has 34 heavy (non-hydrogen) atoms. The number of carbonyl (C=O) groups excluding carboxylic acids is 2. The van der Waals surface area contributed by atoms with E-state index in [0.29, 0.717) is 11.8 Å². The van der Waals surface area contributed by atoms with Crippen molar-refractivity contribution in [3.05, 3.63) is 80.7 Å². The van der Waals surface area contributed by atoms with Crippen LogP contribution in [-0.4, -0.2) is 32.2 Å². The van der Waals surface area contributed by atoms with E-state index in [9.17, 15) is 9.59 Å². The molecular formula is C22H14N4O6S2. The fourth-order valence-corrected chi connectivity index (χ4v) is 4.06. The van der Waals surface area contributed by atoms with Crippen LogP contribution in [-0.2, 0) is 22.7 Å². The minimum Gasteiger partial charge on any atom is -0.454 e. The number of esters is 2. The highest BCUT2D eigenvalue weighted by atomic mass is 32.1. The highest BCUT2D eigenvalue weighted by Gasteiger charge is 2.15. The molecule has 10 nitrogen and oxygen atoms in total. The Labute approximate surface area is 199 Å². The largest absolute Gasteiger partial charge is 0.454 e. The fraction of sp³-hybridized carbons (Fsp3) is 0.0909. The molecule has 4 heterocycles. The molecule has 0 unspecified atom stereocenters. The molecular weight excluding hydrogens is 480 g/mol. The van der Waals surface area contributed by atoms with Gasteiger partial charge < -0.3 is 18.5 Å². The predicted molar refractivity (Wildman–Crippen MR) is 120 cm³/mol. The van der Waals surface area contributed by atoms with E-state index >= 15 is 0 Å². The van der Waals surface area contributed by atoms with Crippen molar-refractivity contribution in [3.63, 3.8) is 0 Å². The Morgan fingerprint density at radius 2 is 1.15 bits per heavy atom. The summed E-state index contributed by atoms with van der Waals surface area (Å²) >= 11 is 3.02. The number of benzene rings is 1. The Morgan fingerprint density at radius 1 is 0.706 bits per heavy atom. The molecule has 0 aliphatic carbocycles. The van der Waals surface area contributed by atoms with Crippen LogP contribution in [0, 0.1) is 0 Å². The second-order valence-corrected chi connectivity index (χ2v) is 8.35. The Morgan fingerprint density at radius 3 is 1.53 bits per heavy atom. The van der Waals surface area contributed by atoms with Gasteiger partial charge in [0.25, 0.3) is 11.8 Å². The zero-order valence-corrected chi connectivity index (χ0v) is 18.9. The smallest absolute Gasteiger partial charge is 0.338 e. The molecule has 4 aromatic heterocycles. The molecule has 0 saturated carbocycles. The first kappa shape index (κ1) is 21.7. The van der Waals surface area contributed by atoms with Crippen LogP contribution < -0.4 is 0 Å². The summed E-state index contributed by atoms with van der Waals surface area (Å²) in [7, 11) is 0. The number of aromatic nitrogens is 4. The lowest BCUT2D eigenvalue weighted by molar-refractivity contribution is 0.0445. The summed E-state index contributed by atoms with van der Waals surface area (Å²) in [5.41, 5.74) is 2.13. The van der Waals surface area contributed by atoms with Gasteiger partial charge in [-0.1, -0.05) is 10.3 Å². The molecule has 0 fully saturated rings. The summed E-state index contributed by atoms with van der Waals surface area (Å²) in [6.07, 6.45) is 0. The molecule has 0 aliphatic heterocycles. The minimum atomic E-state index is -0.588. The van der Waals surface area contributed by atoms with Gasteiger partial charge in [-0.05, 0) is 47.2 Å². The molecule has 170 valence electrons. The standard InChI is InChI=1S/C22H14N4O6S2/c27-21(29-9-17-23-19(31-25-17)15-5-7-33-11-15)13-1-2-14(4-3-13)22(28)30-10-18-24-20(32-26-18)16-6-8-34-12-16/h1-8,11-12H,9-10H2. The molecule has 5 rings (SSSR count). The lowest BCUT2D eigenvalue weighted by Gasteiger charge is -2.04. The lowest BCUT2D eigenvalue weighted by atomic mass is 10.1. The molecule has 1 aromatic carbocycles. The van der Waals surface area contributed by atoms with Crippen LogP contribution in [0.4, 0.5) is 0 Å². The van der Waals surface area contributed by atoms with Gasteiger partial charge in [0.15, 0.2) is 13.2 Å². The molecule has 0 spiro atoms. The molecule has 0 aliphatic rings. The van der Waals surface area contributed by atoms with Crippen molar-refractivity contribution in [2.24, 2.45) is 0 Å². The average Bonchev–Trinajstić information content (AvgIpc) is 3.68. The zero-order valence-electron chi connectivity index (χ0n) is 17.2. The van der Waals surface area contributed by atoms with Crippen molar-refractivity contribution in [1.29, 1.82) is 0 Å². The Bertz CT molecular complexity index is 1280. The minimum absolute atomic E-state index is 0.145. The summed E-state index contributed by atoms with van der Waals surface area (Å²) in [6.45, 7) is -0.289. The van der Waals surface area contributed by atoms with E-state index in [1.54, 1.807) is 0 Å². The van der Waals surface area contributed by atoms with Crippen LogP contribution >= 0.6 is 22.7 Å². The van der Waals surface area contributed by atoms with Crippen molar-refractivity contribution in [2.45, 2.75) is 13.2 Å². The van der Waals surface area contributed by atoms with Gasteiger partial charge >= 0.3 is 11.9 Å². The van der Waals surface area contributed by atoms with Gasteiger partial charge in [-0.2, -0.15) is 32.6 Å². The number of rotatable bonds is 8. The first-order valence-corrected chi connectivity index (χ1v) is 11.7. The van der Waals surface area contributed by atoms with Crippen LogP contribution in [0.2, 0.25) is 0 Å². The van der Waals surface area contributed by atoms with Gasteiger partial charge in [0.1, 0.15) is 0 Å². The first-order chi connectivity index (χ1) is 16.7. The third-order valence-electron chi connectivity index (χ3n) is 4.49. The Hall–Kier alpha value is -4.16. The number of carbonyl (C=O) groups is 2. The first-order valence-electron chi connectivity index (χ1n) is 9.80. The van der Waals surface area contributed by atoms with E-state index in [1.165, 1.54) is 46.9 Å². The molecule has 0 N–H and O–H groups in total. The van der Waals surface area contributed by atoms with E-state index in [1.807, 2.05) is 33.7 Å². The summed E-state index contributed by atoms with van der Waals surface area (Å²) in [5.74, 6) is 0.0400. The van der Waals surface area contributed by atoms with Crippen LogP contribution in [0.15, 0.2) is 67.0 Å².